The normalized spacial score (nSPS) is 20.7. The van der Waals surface area contributed by atoms with Crippen LogP contribution in [0, 0.1) is 0 Å². The van der Waals surface area contributed by atoms with Crippen LogP contribution in [0.1, 0.15) is 44.9 Å². The van der Waals surface area contributed by atoms with Gasteiger partial charge in [-0.3, -0.25) is 4.79 Å². The molecule has 0 radical (unpaired) electrons. The average Bonchev–Trinajstić information content (AvgIpc) is 2.57. The molecule has 0 aromatic carbocycles. The van der Waals surface area contributed by atoms with Crippen LogP contribution < -0.4 is 16.2 Å². The van der Waals surface area contributed by atoms with Gasteiger partial charge in [0.1, 0.15) is 11.6 Å². The van der Waals surface area contributed by atoms with Crippen LogP contribution in [0.5, 0.6) is 0 Å². The third-order valence-electron chi connectivity index (χ3n) is 3.21. The molecule has 1 aliphatic heterocycles. The Bertz CT molecular complexity index is 433. The summed E-state index contributed by atoms with van der Waals surface area (Å²) < 4.78 is 0. The molecule has 1 saturated heterocycles. The smallest absolute Gasteiger partial charge is 0.252 e. The molecule has 18 heavy (non-hydrogen) atoms. The molecule has 1 aromatic rings. The molecule has 5 heteroatoms. The fourth-order valence-corrected chi connectivity index (χ4v) is 2.18. The van der Waals surface area contributed by atoms with Crippen molar-refractivity contribution in [2.45, 2.75) is 45.1 Å². The van der Waals surface area contributed by atoms with Gasteiger partial charge in [-0.05, 0) is 19.4 Å². The molecule has 1 unspecified atom stereocenters. The van der Waals surface area contributed by atoms with E-state index in [4.69, 9.17) is 0 Å². The third-order valence-corrected chi connectivity index (χ3v) is 3.21. The lowest BCUT2D eigenvalue weighted by molar-refractivity contribution is 0.631. The van der Waals surface area contributed by atoms with Gasteiger partial charge in [0.2, 0.25) is 0 Å². The Morgan fingerprint density at radius 2 is 2.28 bits per heavy atom. The van der Waals surface area contributed by atoms with Crippen molar-refractivity contribution in [2.24, 2.45) is 0 Å². The van der Waals surface area contributed by atoms with Gasteiger partial charge in [0.25, 0.3) is 5.56 Å². The minimum atomic E-state index is -0.0854. The number of H-pyrrole nitrogens is 1. The van der Waals surface area contributed by atoms with Gasteiger partial charge >= 0.3 is 0 Å². The molecule has 0 spiro atoms. The van der Waals surface area contributed by atoms with Crippen LogP contribution in [0.4, 0.5) is 5.82 Å². The summed E-state index contributed by atoms with van der Waals surface area (Å²) >= 11 is 0. The van der Waals surface area contributed by atoms with E-state index in [9.17, 15) is 4.79 Å². The number of nitrogens with one attached hydrogen (secondary N) is 3. The van der Waals surface area contributed by atoms with E-state index in [1.165, 1.54) is 18.9 Å². The van der Waals surface area contributed by atoms with E-state index < -0.39 is 0 Å². The Balaban J connectivity index is 2.10. The second kappa shape index (κ2) is 6.00. The summed E-state index contributed by atoms with van der Waals surface area (Å²) in [6.07, 6.45) is 3.56. The SMILES string of the molecule is CC(C)c1nc(NC2CCCCNC2)cc(=O)[nH]1. The highest BCUT2D eigenvalue weighted by atomic mass is 16.1. The van der Waals surface area contributed by atoms with Crippen LogP contribution in [0.15, 0.2) is 10.9 Å². The molecule has 2 heterocycles. The summed E-state index contributed by atoms with van der Waals surface area (Å²) in [6.45, 7) is 6.06. The molecule has 100 valence electrons. The number of hydrogen-bond acceptors (Lipinski definition) is 4. The maximum Gasteiger partial charge on any atom is 0.252 e. The Hall–Kier alpha value is -1.36. The van der Waals surface area contributed by atoms with Crippen molar-refractivity contribution in [1.29, 1.82) is 0 Å². The standard InChI is InChI=1S/C13H22N4O/c1-9(2)13-16-11(7-12(18)17-13)15-10-5-3-4-6-14-8-10/h7,9-10,14H,3-6,8H2,1-2H3,(H2,15,16,17,18). The largest absolute Gasteiger partial charge is 0.366 e. The van der Waals surface area contributed by atoms with Crippen molar-refractivity contribution in [2.75, 3.05) is 18.4 Å². The molecule has 0 saturated carbocycles. The first-order chi connectivity index (χ1) is 8.65. The lowest BCUT2D eigenvalue weighted by Crippen LogP contribution is -2.32. The zero-order chi connectivity index (χ0) is 13.0. The summed E-state index contributed by atoms with van der Waals surface area (Å²) in [4.78, 5) is 18.8. The maximum atomic E-state index is 11.6. The van der Waals surface area contributed by atoms with Crippen molar-refractivity contribution in [3.8, 4) is 0 Å². The van der Waals surface area contributed by atoms with E-state index in [0.717, 1.165) is 25.3 Å². The van der Waals surface area contributed by atoms with Crippen molar-refractivity contribution >= 4 is 5.82 Å². The number of rotatable bonds is 3. The molecule has 1 fully saturated rings. The van der Waals surface area contributed by atoms with Crippen LogP contribution in [0.3, 0.4) is 0 Å². The number of anilines is 1. The zero-order valence-corrected chi connectivity index (χ0v) is 11.1. The number of nitrogens with zero attached hydrogens (tertiary/aromatic N) is 1. The highest BCUT2D eigenvalue weighted by Gasteiger charge is 2.13. The minimum absolute atomic E-state index is 0.0854. The third kappa shape index (κ3) is 3.57. The average molecular weight is 250 g/mol. The quantitative estimate of drug-likeness (QED) is 0.759. The first-order valence-electron chi connectivity index (χ1n) is 6.73. The molecular formula is C13H22N4O. The Morgan fingerprint density at radius 3 is 3.06 bits per heavy atom. The monoisotopic (exact) mass is 250 g/mol. The summed E-state index contributed by atoms with van der Waals surface area (Å²) in [7, 11) is 0. The van der Waals surface area contributed by atoms with Crippen molar-refractivity contribution < 1.29 is 0 Å². The van der Waals surface area contributed by atoms with E-state index in [1.807, 2.05) is 13.8 Å². The first kappa shape index (κ1) is 13.1. The second-order valence-electron chi connectivity index (χ2n) is 5.21. The van der Waals surface area contributed by atoms with Crippen LogP contribution in [0.25, 0.3) is 0 Å². The fourth-order valence-electron chi connectivity index (χ4n) is 2.18. The number of aromatic nitrogens is 2. The summed E-state index contributed by atoms with van der Waals surface area (Å²) in [6, 6.07) is 1.90. The summed E-state index contributed by atoms with van der Waals surface area (Å²) in [5.41, 5.74) is -0.0854. The van der Waals surface area contributed by atoms with Crippen molar-refractivity contribution in [3.63, 3.8) is 0 Å². The van der Waals surface area contributed by atoms with Gasteiger partial charge in [0, 0.05) is 24.6 Å². The van der Waals surface area contributed by atoms with Gasteiger partial charge < -0.3 is 15.6 Å². The Kier molecular flexibility index (Phi) is 4.36. The molecule has 1 atom stereocenters. The van der Waals surface area contributed by atoms with Crippen molar-refractivity contribution in [1.82, 2.24) is 15.3 Å². The molecular weight excluding hydrogens is 228 g/mol. The van der Waals surface area contributed by atoms with E-state index in [0.29, 0.717) is 11.9 Å². The van der Waals surface area contributed by atoms with Gasteiger partial charge in [0.15, 0.2) is 0 Å². The minimum Gasteiger partial charge on any atom is -0.366 e. The highest BCUT2D eigenvalue weighted by Crippen LogP contribution is 2.12. The van der Waals surface area contributed by atoms with E-state index >= 15 is 0 Å². The van der Waals surface area contributed by atoms with Gasteiger partial charge in [-0.1, -0.05) is 20.3 Å². The molecule has 0 bridgehead atoms. The van der Waals surface area contributed by atoms with Gasteiger partial charge in [0.05, 0.1) is 0 Å². The van der Waals surface area contributed by atoms with Crippen LogP contribution in [-0.4, -0.2) is 29.1 Å². The topological polar surface area (TPSA) is 69.8 Å². The summed E-state index contributed by atoms with van der Waals surface area (Å²) in [5, 5.41) is 6.76. The summed E-state index contributed by atoms with van der Waals surface area (Å²) in [5.74, 6) is 1.66. The van der Waals surface area contributed by atoms with Crippen LogP contribution >= 0.6 is 0 Å². The maximum absolute atomic E-state index is 11.6. The van der Waals surface area contributed by atoms with Gasteiger partial charge in [-0.15, -0.1) is 0 Å². The van der Waals surface area contributed by atoms with E-state index in [1.54, 1.807) is 0 Å². The number of hydrogen-bond donors (Lipinski definition) is 3. The van der Waals surface area contributed by atoms with E-state index in [2.05, 4.69) is 20.6 Å². The molecule has 2 rings (SSSR count). The predicted molar refractivity (Wildman–Crippen MR) is 73.1 cm³/mol. The lowest BCUT2D eigenvalue weighted by Gasteiger charge is -2.17. The molecule has 1 aliphatic rings. The van der Waals surface area contributed by atoms with Gasteiger partial charge in [-0.2, -0.15) is 0 Å². The lowest BCUT2D eigenvalue weighted by atomic mass is 10.1. The van der Waals surface area contributed by atoms with E-state index in [-0.39, 0.29) is 11.5 Å². The van der Waals surface area contributed by atoms with Gasteiger partial charge in [-0.25, -0.2) is 4.98 Å². The highest BCUT2D eigenvalue weighted by molar-refractivity contribution is 5.34. The molecule has 0 aliphatic carbocycles. The fraction of sp³-hybridized carbons (Fsp3) is 0.692. The second-order valence-corrected chi connectivity index (χ2v) is 5.21. The first-order valence-corrected chi connectivity index (χ1v) is 6.73. The van der Waals surface area contributed by atoms with Crippen LogP contribution in [-0.2, 0) is 0 Å². The molecule has 5 nitrogen and oxygen atoms in total. The number of aromatic amines is 1. The molecule has 3 N–H and O–H groups in total. The molecule has 0 amide bonds. The molecule has 1 aromatic heterocycles. The predicted octanol–water partition coefficient (Wildman–Crippen LogP) is 1.45. The zero-order valence-electron chi connectivity index (χ0n) is 11.1. The Morgan fingerprint density at radius 1 is 1.44 bits per heavy atom. The Labute approximate surface area is 107 Å². The van der Waals surface area contributed by atoms with Crippen molar-refractivity contribution in [3.05, 3.63) is 22.2 Å². The van der Waals surface area contributed by atoms with Crippen LogP contribution in [0.2, 0.25) is 0 Å².